The maximum atomic E-state index is 12.6. The zero-order valence-electron chi connectivity index (χ0n) is 12.9. The van der Waals surface area contributed by atoms with Gasteiger partial charge in [0, 0.05) is 25.5 Å². The molecule has 0 aliphatic carbocycles. The van der Waals surface area contributed by atoms with Gasteiger partial charge in [0.1, 0.15) is 0 Å². The average molecular weight is 278 g/mol. The van der Waals surface area contributed by atoms with Crippen molar-refractivity contribution in [3.05, 3.63) is 18.7 Å². The van der Waals surface area contributed by atoms with Crippen molar-refractivity contribution in [2.24, 2.45) is 10.8 Å². The molecule has 5 nitrogen and oxygen atoms in total. The van der Waals surface area contributed by atoms with E-state index in [9.17, 15) is 4.79 Å². The van der Waals surface area contributed by atoms with Crippen molar-refractivity contribution in [1.29, 1.82) is 0 Å². The molecule has 2 unspecified atom stereocenters. The van der Waals surface area contributed by atoms with Gasteiger partial charge in [0.05, 0.1) is 17.8 Å². The molecule has 0 aromatic carbocycles. The lowest BCUT2D eigenvalue weighted by molar-refractivity contribution is -0.130. The fourth-order valence-electron chi connectivity index (χ4n) is 2.48. The number of carbonyl (C=O) groups excluding carboxylic acids is 1. The Balaban J connectivity index is 2.06. The molecule has 1 fully saturated rings. The van der Waals surface area contributed by atoms with Gasteiger partial charge in [-0.1, -0.05) is 20.8 Å². The molecule has 112 valence electrons. The van der Waals surface area contributed by atoms with E-state index in [-0.39, 0.29) is 22.8 Å². The van der Waals surface area contributed by atoms with Crippen LogP contribution in [0.3, 0.4) is 0 Å². The van der Waals surface area contributed by atoms with Crippen molar-refractivity contribution < 1.29 is 4.79 Å². The molecule has 0 spiro atoms. The largest absolute Gasteiger partial charge is 0.351 e. The summed E-state index contributed by atoms with van der Waals surface area (Å²) in [7, 11) is 0. The first-order valence-corrected chi connectivity index (χ1v) is 7.29. The van der Waals surface area contributed by atoms with E-state index in [4.69, 9.17) is 0 Å². The lowest BCUT2D eigenvalue weighted by Gasteiger charge is -2.34. The number of carbonyl (C=O) groups is 1. The standard InChI is InChI=1S/C15H26N4O/c1-14(2,3)12(9-19-8-7-17-11-19)18-13(20)15(4)5-6-16-10-15/h7-8,11-12,16H,5-6,9-10H2,1-4H3,(H,18,20). The second kappa shape index (κ2) is 5.56. The molecule has 0 bridgehead atoms. The summed E-state index contributed by atoms with van der Waals surface area (Å²) in [4.78, 5) is 16.6. The molecule has 1 aromatic heterocycles. The van der Waals surface area contributed by atoms with E-state index in [1.165, 1.54) is 0 Å². The van der Waals surface area contributed by atoms with Gasteiger partial charge in [-0.05, 0) is 25.3 Å². The second-order valence-corrected chi connectivity index (χ2v) is 7.14. The summed E-state index contributed by atoms with van der Waals surface area (Å²) in [6.45, 7) is 10.9. The molecule has 1 aliphatic heterocycles. The predicted molar refractivity (Wildman–Crippen MR) is 79.2 cm³/mol. The molecular formula is C15H26N4O. The lowest BCUT2D eigenvalue weighted by Crippen LogP contribution is -2.51. The first-order valence-electron chi connectivity index (χ1n) is 7.29. The summed E-state index contributed by atoms with van der Waals surface area (Å²) in [6, 6.07) is 0.0848. The van der Waals surface area contributed by atoms with Crippen LogP contribution in [0.1, 0.15) is 34.1 Å². The van der Waals surface area contributed by atoms with Crippen molar-refractivity contribution in [2.75, 3.05) is 13.1 Å². The van der Waals surface area contributed by atoms with Crippen LogP contribution >= 0.6 is 0 Å². The number of rotatable bonds is 4. The number of hydrogen-bond donors (Lipinski definition) is 2. The van der Waals surface area contributed by atoms with Gasteiger partial charge in [-0.2, -0.15) is 0 Å². The number of amides is 1. The fraction of sp³-hybridized carbons (Fsp3) is 0.733. The monoisotopic (exact) mass is 278 g/mol. The Morgan fingerprint density at radius 2 is 2.30 bits per heavy atom. The number of hydrogen-bond acceptors (Lipinski definition) is 3. The van der Waals surface area contributed by atoms with Gasteiger partial charge in [0.15, 0.2) is 0 Å². The molecule has 0 radical (unpaired) electrons. The summed E-state index contributed by atoms with van der Waals surface area (Å²) in [5, 5.41) is 6.53. The Morgan fingerprint density at radius 3 is 2.80 bits per heavy atom. The Hall–Kier alpha value is -1.36. The van der Waals surface area contributed by atoms with Gasteiger partial charge in [0.25, 0.3) is 0 Å². The number of imidazole rings is 1. The fourth-order valence-corrected chi connectivity index (χ4v) is 2.48. The lowest BCUT2D eigenvalue weighted by atomic mass is 9.83. The zero-order chi connectivity index (χ0) is 14.8. The van der Waals surface area contributed by atoms with E-state index >= 15 is 0 Å². The van der Waals surface area contributed by atoms with Crippen LogP contribution in [-0.4, -0.2) is 34.6 Å². The topological polar surface area (TPSA) is 59.0 Å². The van der Waals surface area contributed by atoms with E-state index in [1.807, 2.05) is 17.7 Å². The molecule has 1 aliphatic rings. The van der Waals surface area contributed by atoms with Crippen LogP contribution in [0, 0.1) is 10.8 Å². The minimum Gasteiger partial charge on any atom is -0.351 e. The van der Waals surface area contributed by atoms with Gasteiger partial charge >= 0.3 is 0 Å². The molecule has 2 rings (SSSR count). The SMILES string of the molecule is CC1(C(=O)NC(Cn2ccnc2)C(C)(C)C)CCNC1. The molecular weight excluding hydrogens is 252 g/mol. The van der Waals surface area contributed by atoms with Crippen molar-refractivity contribution >= 4 is 5.91 Å². The van der Waals surface area contributed by atoms with Gasteiger partial charge in [-0.25, -0.2) is 4.98 Å². The molecule has 2 N–H and O–H groups in total. The van der Waals surface area contributed by atoms with E-state index < -0.39 is 0 Å². The third-order valence-electron chi connectivity index (χ3n) is 4.22. The Bertz CT molecular complexity index is 441. The summed E-state index contributed by atoms with van der Waals surface area (Å²) in [6.07, 6.45) is 6.40. The van der Waals surface area contributed by atoms with Crippen LogP contribution in [0.2, 0.25) is 0 Å². The van der Waals surface area contributed by atoms with Crippen LogP contribution in [-0.2, 0) is 11.3 Å². The molecule has 2 heterocycles. The first-order chi connectivity index (χ1) is 9.31. The summed E-state index contributed by atoms with van der Waals surface area (Å²) in [5.41, 5.74) is -0.277. The van der Waals surface area contributed by atoms with Gasteiger partial charge in [-0.3, -0.25) is 4.79 Å². The minimum absolute atomic E-state index is 0.00230. The predicted octanol–water partition coefficient (Wildman–Crippen LogP) is 1.41. The van der Waals surface area contributed by atoms with Crippen LogP contribution in [0.25, 0.3) is 0 Å². The highest BCUT2D eigenvalue weighted by Gasteiger charge is 2.38. The summed E-state index contributed by atoms with van der Waals surface area (Å²) >= 11 is 0. The summed E-state index contributed by atoms with van der Waals surface area (Å²) in [5.74, 6) is 0.155. The van der Waals surface area contributed by atoms with E-state index in [1.54, 1.807) is 12.5 Å². The van der Waals surface area contributed by atoms with E-state index in [2.05, 4.69) is 36.4 Å². The Morgan fingerprint density at radius 1 is 1.55 bits per heavy atom. The summed E-state index contributed by atoms with van der Waals surface area (Å²) < 4.78 is 2.02. The van der Waals surface area contributed by atoms with Gasteiger partial charge < -0.3 is 15.2 Å². The number of nitrogens with zero attached hydrogens (tertiary/aromatic N) is 2. The Labute approximate surface area is 121 Å². The van der Waals surface area contributed by atoms with Crippen LogP contribution in [0.4, 0.5) is 0 Å². The van der Waals surface area contributed by atoms with E-state index in [0.29, 0.717) is 0 Å². The van der Waals surface area contributed by atoms with Crippen LogP contribution < -0.4 is 10.6 Å². The highest BCUT2D eigenvalue weighted by Crippen LogP contribution is 2.27. The molecule has 1 saturated heterocycles. The van der Waals surface area contributed by atoms with Crippen molar-refractivity contribution in [3.8, 4) is 0 Å². The molecule has 1 amide bonds. The average Bonchev–Trinajstić information content (AvgIpc) is 2.99. The molecule has 5 heteroatoms. The van der Waals surface area contributed by atoms with Gasteiger partial charge in [0.2, 0.25) is 5.91 Å². The highest BCUT2D eigenvalue weighted by molar-refractivity contribution is 5.83. The van der Waals surface area contributed by atoms with Crippen molar-refractivity contribution in [1.82, 2.24) is 20.2 Å². The zero-order valence-corrected chi connectivity index (χ0v) is 12.9. The normalized spacial score (nSPS) is 24.6. The van der Waals surface area contributed by atoms with Crippen molar-refractivity contribution in [2.45, 2.75) is 46.7 Å². The van der Waals surface area contributed by atoms with Crippen LogP contribution in [0.15, 0.2) is 18.7 Å². The smallest absolute Gasteiger partial charge is 0.227 e. The van der Waals surface area contributed by atoms with Gasteiger partial charge in [-0.15, -0.1) is 0 Å². The van der Waals surface area contributed by atoms with E-state index in [0.717, 1.165) is 26.1 Å². The maximum Gasteiger partial charge on any atom is 0.227 e. The molecule has 20 heavy (non-hydrogen) atoms. The number of aromatic nitrogens is 2. The van der Waals surface area contributed by atoms with Crippen LogP contribution in [0.5, 0.6) is 0 Å². The third-order valence-corrected chi connectivity index (χ3v) is 4.22. The first kappa shape index (κ1) is 15.0. The molecule has 2 atom stereocenters. The Kier molecular flexibility index (Phi) is 4.18. The number of nitrogens with one attached hydrogen (secondary N) is 2. The second-order valence-electron chi connectivity index (χ2n) is 7.14. The maximum absolute atomic E-state index is 12.6. The third kappa shape index (κ3) is 3.39. The molecule has 1 aromatic rings. The van der Waals surface area contributed by atoms with Crippen molar-refractivity contribution in [3.63, 3.8) is 0 Å². The molecule has 0 saturated carbocycles. The highest BCUT2D eigenvalue weighted by atomic mass is 16.2. The quantitative estimate of drug-likeness (QED) is 0.875. The minimum atomic E-state index is -0.279.